The molecule has 0 radical (unpaired) electrons. The summed E-state index contributed by atoms with van der Waals surface area (Å²) >= 11 is 1.42. The maximum Gasteiger partial charge on any atom is 0.240 e. The third kappa shape index (κ3) is 4.36. The fourth-order valence-electron chi connectivity index (χ4n) is 4.42. The van der Waals surface area contributed by atoms with E-state index < -0.39 is 0 Å². The largest absolute Gasteiger partial charge is 0.312 e. The first-order valence-electron chi connectivity index (χ1n) is 9.63. The lowest BCUT2D eigenvalue weighted by Gasteiger charge is -2.31. The maximum atomic E-state index is 13.8. The molecule has 27 heavy (non-hydrogen) atoms. The Labute approximate surface area is 163 Å². The van der Waals surface area contributed by atoms with Crippen molar-refractivity contribution < 1.29 is 9.18 Å². The Bertz CT molecular complexity index is 769. The van der Waals surface area contributed by atoms with Crippen LogP contribution in [0.5, 0.6) is 0 Å². The molecule has 2 saturated heterocycles. The molecule has 1 amide bonds. The third-order valence-corrected chi connectivity index (χ3v) is 6.30. The summed E-state index contributed by atoms with van der Waals surface area (Å²) in [6, 6.07) is 7.45. The molecule has 2 aliphatic rings. The Morgan fingerprint density at radius 2 is 2.30 bits per heavy atom. The molecule has 2 N–H and O–H groups in total. The van der Waals surface area contributed by atoms with Gasteiger partial charge in [-0.1, -0.05) is 25.0 Å². The van der Waals surface area contributed by atoms with Crippen LogP contribution in [-0.4, -0.2) is 47.5 Å². The highest BCUT2D eigenvalue weighted by molar-refractivity contribution is 7.13. The number of nitrogens with one attached hydrogen (secondary N) is 2. The van der Waals surface area contributed by atoms with Crippen LogP contribution in [0.3, 0.4) is 0 Å². The molecule has 3 heterocycles. The van der Waals surface area contributed by atoms with Crippen LogP contribution in [0.2, 0.25) is 0 Å². The van der Waals surface area contributed by atoms with Gasteiger partial charge < -0.3 is 10.6 Å². The van der Waals surface area contributed by atoms with Gasteiger partial charge in [-0.05, 0) is 37.1 Å². The number of thiazole rings is 1. The van der Waals surface area contributed by atoms with Crippen molar-refractivity contribution in [3.8, 4) is 0 Å². The highest BCUT2D eigenvalue weighted by atomic mass is 32.1. The van der Waals surface area contributed by atoms with Gasteiger partial charge in [-0.25, -0.2) is 9.37 Å². The minimum Gasteiger partial charge on any atom is -0.312 e. The van der Waals surface area contributed by atoms with Crippen LogP contribution in [-0.2, 0) is 4.79 Å². The van der Waals surface area contributed by atoms with Gasteiger partial charge in [0.25, 0.3) is 0 Å². The molecule has 3 atom stereocenters. The molecule has 1 aromatic heterocycles. The van der Waals surface area contributed by atoms with E-state index in [1.54, 1.807) is 18.3 Å². The summed E-state index contributed by atoms with van der Waals surface area (Å²) in [5.74, 6) is -0.0445. The number of anilines is 1. The number of hydrogen-bond acceptors (Lipinski definition) is 5. The van der Waals surface area contributed by atoms with Crippen LogP contribution in [0.4, 0.5) is 9.52 Å². The zero-order valence-corrected chi connectivity index (χ0v) is 16.1. The minimum atomic E-state index is -0.199. The molecule has 0 unspecified atom stereocenters. The summed E-state index contributed by atoms with van der Waals surface area (Å²) in [7, 11) is 0. The van der Waals surface area contributed by atoms with Crippen molar-refractivity contribution in [2.75, 3.05) is 25.0 Å². The average Bonchev–Trinajstić information content (AvgIpc) is 3.23. The van der Waals surface area contributed by atoms with Crippen molar-refractivity contribution >= 4 is 22.4 Å². The lowest BCUT2D eigenvalue weighted by molar-refractivity contribution is -0.117. The molecule has 144 valence electrons. The molecule has 5 nitrogen and oxygen atoms in total. The standard InChI is InChI=1S/C20H25FN4OS/c21-15-6-4-5-14(11-15)16-12-25(13-18(26)24-20-23-9-10-27-20)17-7-2-1-3-8-22-19(16)17/h4-6,9-11,16-17,19,22H,1-3,7-8,12-13H2,(H,23,24,26)/t16-,17+,19-/m0/s1. The summed E-state index contributed by atoms with van der Waals surface area (Å²) < 4.78 is 13.8. The van der Waals surface area contributed by atoms with Crippen LogP contribution in [0.25, 0.3) is 0 Å². The van der Waals surface area contributed by atoms with Crippen LogP contribution < -0.4 is 10.6 Å². The summed E-state index contributed by atoms with van der Waals surface area (Å²) in [6.07, 6.45) is 6.30. The van der Waals surface area contributed by atoms with Crippen molar-refractivity contribution in [2.45, 2.75) is 43.7 Å². The number of likely N-dealkylation sites (tertiary alicyclic amines) is 1. The van der Waals surface area contributed by atoms with E-state index >= 15 is 0 Å². The lowest BCUT2D eigenvalue weighted by atomic mass is 9.88. The van der Waals surface area contributed by atoms with Crippen molar-refractivity contribution in [1.29, 1.82) is 0 Å². The number of rotatable bonds is 4. The van der Waals surface area contributed by atoms with Crippen molar-refractivity contribution in [1.82, 2.24) is 15.2 Å². The number of fused-ring (bicyclic) bond motifs is 1. The molecule has 0 spiro atoms. The van der Waals surface area contributed by atoms with E-state index in [-0.39, 0.29) is 23.7 Å². The average molecular weight is 389 g/mol. The van der Waals surface area contributed by atoms with E-state index in [0.29, 0.717) is 17.7 Å². The predicted molar refractivity (Wildman–Crippen MR) is 106 cm³/mol. The van der Waals surface area contributed by atoms with Gasteiger partial charge in [0.15, 0.2) is 5.13 Å². The van der Waals surface area contributed by atoms with Crippen molar-refractivity contribution in [3.63, 3.8) is 0 Å². The van der Waals surface area contributed by atoms with E-state index in [1.807, 2.05) is 11.4 Å². The fraction of sp³-hybridized carbons (Fsp3) is 0.500. The first-order chi connectivity index (χ1) is 13.2. The molecule has 7 heteroatoms. The maximum absolute atomic E-state index is 13.8. The fourth-order valence-corrected chi connectivity index (χ4v) is 4.97. The van der Waals surface area contributed by atoms with Crippen molar-refractivity contribution in [3.05, 3.63) is 47.2 Å². The zero-order valence-electron chi connectivity index (χ0n) is 15.2. The Kier molecular flexibility index (Phi) is 5.80. The monoisotopic (exact) mass is 388 g/mol. The molecular formula is C20H25FN4OS. The molecule has 0 aliphatic carbocycles. The SMILES string of the molecule is O=C(CN1C[C@@H](c2cccc(F)c2)[C@@H]2NCCCCC[C@H]21)Nc1nccs1. The summed E-state index contributed by atoms with van der Waals surface area (Å²) in [5.41, 5.74) is 1.01. The Hall–Kier alpha value is -1.83. The van der Waals surface area contributed by atoms with Crippen LogP contribution >= 0.6 is 11.3 Å². The summed E-state index contributed by atoms with van der Waals surface area (Å²) in [5, 5.41) is 9.06. The Morgan fingerprint density at radius 3 is 3.11 bits per heavy atom. The summed E-state index contributed by atoms with van der Waals surface area (Å²) in [6.45, 7) is 2.08. The lowest BCUT2D eigenvalue weighted by Crippen LogP contribution is -2.47. The molecule has 2 aliphatic heterocycles. The Morgan fingerprint density at radius 1 is 1.37 bits per heavy atom. The number of halogens is 1. The molecule has 1 aromatic carbocycles. The third-order valence-electron chi connectivity index (χ3n) is 5.61. The van der Waals surface area contributed by atoms with E-state index in [0.717, 1.165) is 25.1 Å². The van der Waals surface area contributed by atoms with E-state index in [1.165, 1.54) is 36.7 Å². The quantitative estimate of drug-likeness (QED) is 0.844. The second kappa shape index (κ2) is 8.46. The number of carbonyl (C=O) groups is 1. The van der Waals surface area contributed by atoms with Gasteiger partial charge in [-0.15, -0.1) is 11.3 Å². The second-order valence-electron chi connectivity index (χ2n) is 7.37. The highest BCUT2D eigenvalue weighted by Crippen LogP contribution is 2.35. The highest BCUT2D eigenvalue weighted by Gasteiger charge is 2.42. The van der Waals surface area contributed by atoms with Crippen molar-refractivity contribution in [2.24, 2.45) is 0 Å². The summed E-state index contributed by atoms with van der Waals surface area (Å²) in [4.78, 5) is 18.9. The van der Waals surface area contributed by atoms with Crippen LogP contribution in [0, 0.1) is 5.82 Å². The normalized spacial score (nSPS) is 26.2. The molecule has 0 bridgehead atoms. The van der Waals surface area contributed by atoms with E-state index in [4.69, 9.17) is 0 Å². The van der Waals surface area contributed by atoms with Gasteiger partial charge in [0, 0.05) is 36.1 Å². The van der Waals surface area contributed by atoms with Gasteiger partial charge >= 0.3 is 0 Å². The first-order valence-corrected chi connectivity index (χ1v) is 10.5. The minimum absolute atomic E-state index is 0.0364. The number of hydrogen-bond donors (Lipinski definition) is 2. The van der Waals surface area contributed by atoms with E-state index in [2.05, 4.69) is 20.5 Å². The molecule has 2 aromatic rings. The topological polar surface area (TPSA) is 57.3 Å². The smallest absolute Gasteiger partial charge is 0.240 e. The van der Waals surface area contributed by atoms with Gasteiger partial charge in [0.1, 0.15) is 5.82 Å². The van der Waals surface area contributed by atoms with Crippen LogP contribution in [0.15, 0.2) is 35.8 Å². The van der Waals surface area contributed by atoms with Gasteiger partial charge in [0.2, 0.25) is 5.91 Å². The Balaban J connectivity index is 1.52. The zero-order chi connectivity index (χ0) is 18.6. The number of aromatic nitrogens is 1. The number of benzene rings is 1. The van der Waals surface area contributed by atoms with Gasteiger partial charge in [0.05, 0.1) is 6.54 Å². The van der Waals surface area contributed by atoms with Gasteiger partial charge in [-0.2, -0.15) is 0 Å². The predicted octanol–water partition coefficient (Wildman–Crippen LogP) is 3.22. The van der Waals surface area contributed by atoms with Crippen LogP contribution in [0.1, 0.15) is 37.2 Å². The molecule has 2 fully saturated rings. The number of amides is 1. The second-order valence-corrected chi connectivity index (χ2v) is 8.27. The molecule has 0 saturated carbocycles. The number of nitrogens with zero attached hydrogens (tertiary/aromatic N) is 2. The first kappa shape index (κ1) is 18.5. The van der Waals surface area contributed by atoms with E-state index in [9.17, 15) is 9.18 Å². The van der Waals surface area contributed by atoms with Gasteiger partial charge in [-0.3, -0.25) is 9.69 Å². The number of carbonyl (C=O) groups excluding carboxylic acids is 1. The molecule has 4 rings (SSSR count). The molecular weight excluding hydrogens is 363 g/mol.